The molecule has 2 amide bonds. The maximum atomic E-state index is 13.6. The Morgan fingerprint density at radius 1 is 1.36 bits per heavy atom. The summed E-state index contributed by atoms with van der Waals surface area (Å²) in [5, 5.41) is 2.39. The van der Waals surface area contributed by atoms with Crippen molar-refractivity contribution in [3.63, 3.8) is 0 Å². The van der Waals surface area contributed by atoms with Crippen LogP contribution in [-0.2, 0) is 9.53 Å². The number of likely N-dealkylation sites (tertiary alicyclic amines) is 1. The van der Waals surface area contributed by atoms with Gasteiger partial charge < -0.3 is 15.0 Å². The molecule has 2 fully saturated rings. The lowest BCUT2D eigenvalue weighted by molar-refractivity contribution is -0.116. The van der Waals surface area contributed by atoms with E-state index in [0.717, 1.165) is 37.6 Å². The van der Waals surface area contributed by atoms with Crippen LogP contribution in [0.15, 0.2) is 18.2 Å². The van der Waals surface area contributed by atoms with E-state index in [-0.39, 0.29) is 24.1 Å². The maximum Gasteiger partial charge on any atom is 0.410 e. The van der Waals surface area contributed by atoms with Gasteiger partial charge in [-0.15, -0.1) is 0 Å². The number of rotatable bonds is 4. The van der Waals surface area contributed by atoms with Gasteiger partial charge in [0.15, 0.2) is 0 Å². The summed E-state index contributed by atoms with van der Waals surface area (Å²) < 4.78 is 32.2. The zero-order chi connectivity index (χ0) is 18.0. The summed E-state index contributed by atoms with van der Waals surface area (Å²) in [6, 6.07) is 2.93. The highest BCUT2D eigenvalue weighted by Crippen LogP contribution is 2.31. The Kier molecular flexibility index (Phi) is 4.89. The number of carbonyl (C=O) groups excluding carboxylic acids is 2. The molecule has 3 rings (SSSR count). The van der Waals surface area contributed by atoms with Gasteiger partial charge in [0.05, 0.1) is 12.2 Å². The van der Waals surface area contributed by atoms with E-state index in [1.807, 2.05) is 0 Å². The number of halogens is 2. The van der Waals surface area contributed by atoms with Crippen LogP contribution in [0.25, 0.3) is 0 Å². The van der Waals surface area contributed by atoms with Crippen molar-refractivity contribution >= 4 is 17.7 Å². The van der Waals surface area contributed by atoms with Crippen LogP contribution >= 0.6 is 0 Å². The van der Waals surface area contributed by atoms with E-state index in [1.165, 1.54) is 0 Å². The van der Waals surface area contributed by atoms with Crippen molar-refractivity contribution in [1.82, 2.24) is 9.80 Å². The van der Waals surface area contributed by atoms with E-state index in [4.69, 9.17) is 4.74 Å². The first-order valence-corrected chi connectivity index (χ1v) is 8.28. The summed E-state index contributed by atoms with van der Waals surface area (Å²) in [6.45, 7) is 2.39. The number of hydrogen-bond donors (Lipinski definition) is 1. The minimum atomic E-state index is -0.674. The number of likely N-dealkylation sites (N-methyl/N-ethyl adjacent to an activating group) is 1. The predicted octanol–water partition coefficient (Wildman–Crippen LogP) is 2.21. The summed E-state index contributed by atoms with van der Waals surface area (Å²) in [5.41, 5.74) is -0.665. The van der Waals surface area contributed by atoms with Gasteiger partial charge in [0.2, 0.25) is 5.91 Å². The molecule has 2 heterocycles. The van der Waals surface area contributed by atoms with Gasteiger partial charge in [-0.2, -0.15) is 0 Å². The van der Waals surface area contributed by atoms with Crippen LogP contribution in [0.1, 0.15) is 19.3 Å². The van der Waals surface area contributed by atoms with Gasteiger partial charge in [0.25, 0.3) is 0 Å². The number of benzene rings is 1. The van der Waals surface area contributed by atoms with Gasteiger partial charge in [-0.25, -0.2) is 13.6 Å². The van der Waals surface area contributed by atoms with Crippen LogP contribution < -0.4 is 5.32 Å². The molecule has 0 saturated carbocycles. The van der Waals surface area contributed by atoms with Gasteiger partial charge in [0, 0.05) is 32.6 Å². The van der Waals surface area contributed by atoms with Crippen molar-refractivity contribution in [3.8, 4) is 0 Å². The average molecular weight is 353 g/mol. The number of nitrogens with zero attached hydrogens (tertiary/aromatic N) is 2. The minimum Gasteiger partial charge on any atom is -0.440 e. The van der Waals surface area contributed by atoms with Crippen LogP contribution in [-0.4, -0.2) is 60.6 Å². The second kappa shape index (κ2) is 6.95. The topological polar surface area (TPSA) is 61.9 Å². The Morgan fingerprint density at radius 3 is 2.88 bits per heavy atom. The standard InChI is InChI=1S/C17H21F2N3O3/c1-21-10-17(25-16(21)24)6-2-7-22(11-17)8-5-15(23)20-14-9-12(18)3-4-13(14)19/h3-4,9H,2,5-8,10-11H2,1H3,(H,20,23)/t17-/m0/s1. The van der Waals surface area contributed by atoms with Crippen molar-refractivity contribution in [1.29, 1.82) is 0 Å². The largest absolute Gasteiger partial charge is 0.440 e. The first-order chi connectivity index (χ1) is 11.9. The van der Waals surface area contributed by atoms with E-state index < -0.39 is 17.2 Å². The number of amides is 2. The number of piperidine rings is 1. The average Bonchev–Trinajstić information content (AvgIpc) is 2.82. The Morgan fingerprint density at radius 2 is 2.16 bits per heavy atom. The fourth-order valence-corrected chi connectivity index (χ4v) is 3.45. The monoisotopic (exact) mass is 353 g/mol. The Bertz CT molecular complexity index is 685. The summed E-state index contributed by atoms with van der Waals surface area (Å²) in [5.74, 6) is -1.67. The molecule has 0 aromatic heterocycles. The minimum absolute atomic E-state index is 0.149. The molecule has 0 unspecified atom stereocenters. The molecule has 8 heteroatoms. The van der Waals surface area contributed by atoms with Gasteiger partial charge in [-0.3, -0.25) is 9.69 Å². The fraction of sp³-hybridized carbons (Fsp3) is 0.529. The van der Waals surface area contributed by atoms with Crippen LogP contribution in [0.2, 0.25) is 0 Å². The van der Waals surface area contributed by atoms with Crippen molar-refractivity contribution in [3.05, 3.63) is 29.8 Å². The fourth-order valence-electron chi connectivity index (χ4n) is 3.45. The molecule has 1 aromatic carbocycles. The van der Waals surface area contributed by atoms with Gasteiger partial charge >= 0.3 is 6.09 Å². The second-order valence-corrected chi connectivity index (χ2v) is 6.71. The molecule has 1 N–H and O–H groups in total. The SMILES string of the molecule is CN1C[C@]2(CCCN(CCC(=O)Nc3cc(F)ccc3F)C2)OC1=O. The Labute approximate surface area is 144 Å². The third-order valence-electron chi connectivity index (χ3n) is 4.62. The number of nitrogens with one attached hydrogen (secondary N) is 1. The first-order valence-electron chi connectivity index (χ1n) is 8.28. The summed E-state index contributed by atoms with van der Waals surface area (Å²) >= 11 is 0. The highest BCUT2D eigenvalue weighted by molar-refractivity contribution is 5.90. The zero-order valence-electron chi connectivity index (χ0n) is 14.1. The maximum absolute atomic E-state index is 13.6. The van der Waals surface area contributed by atoms with Crippen molar-refractivity contribution in [2.45, 2.75) is 24.9 Å². The van der Waals surface area contributed by atoms with Crippen LogP contribution in [0.5, 0.6) is 0 Å². The molecule has 6 nitrogen and oxygen atoms in total. The van der Waals surface area contributed by atoms with Gasteiger partial charge in [0.1, 0.15) is 17.2 Å². The molecule has 2 aliphatic heterocycles. The molecule has 1 aromatic rings. The lowest BCUT2D eigenvalue weighted by atomic mass is 9.92. The smallest absolute Gasteiger partial charge is 0.410 e. The molecule has 25 heavy (non-hydrogen) atoms. The number of ether oxygens (including phenoxy) is 1. The number of hydrogen-bond acceptors (Lipinski definition) is 4. The molecular formula is C17H21F2N3O3. The second-order valence-electron chi connectivity index (χ2n) is 6.71. The van der Waals surface area contributed by atoms with Crippen molar-refractivity contribution in [2.75, 3.05) is 38.5 Å². The zero-order valence-corrected chi connectivity index (χ0v) is 14.1. The number of anilines is 1. The predicted molar refractivity (Wildman–Crippen MR) is 87.1 cm³/mol. The molecule has 0 radical (unpaired) electrons. The quantitative estimate of drug-likeness (QED) is 0.902. The van der Waals surface area contributed by atoms with Crippen LogP contribution in [0.4, 0.5) is 19.3 Å². The van der Waals surface area contributed by atoms with E-state index in [9.17, 15) is 18.4 Å². The van der Waals surface area contributed by atoms with Crippen molar-refractivity contribution < 1.29 is 23.1 Å². The van der Waals surface area contributed by atoms with E-state index in [1.54, 1.807) is 11.9 Å². The summed E-state index contributed by atoms with van der Waals surface area (Å²) in [6.07, 6.45) is 1.51. The molecule has 2 aliphatic rings. The molecule has 0 aliphatic carbocycles. The third-order valence-corrected chi connectivity index (χ3v) is 4.62. The molecule has 2 saturated heterocycles. The highest BCUT2D eigenvalue weighted by Gasteiger charge is 2.46. The molecule has 1 atom stereocenters. The molecular weight excluding hydrogens is 332 g/mol. The lowest BCUT2D eigenvalue weighted by Gasteiger charge is -2.38. The van der Waals surface area contributed by atoms with Gasteiger partial charge in [-0.05, 0) is 31.5 Å². The normalized spacial score (nSPS) is 23.8. The molecule has 1 spiro atoms. The third kappa shape index (κ3) is 4.07. The summed E-state index contributed by atoms with van der Waals surface area (Å²) in [7, 11) is 1.71. The lowest BCUT2D eigenvalue weighted by Crippen LogP contribution is -2.50. The van der Waals surface area contributed by atoms with E-state index in [0.29, 0.717) is 19.6 Å². The van der Waals surface area contributed by atoms with E-state index >= 15 is 0 Å². The van der Waals surface area contributed by atoms with Gasteiger partial charge in [-0.1, -0.05) is 0 Å². The van der Waals surface area contributed by atoms with Crippen LogP contribution in [0.3, 0.4) is 0 Å². The van der Waals surface area contributed by atoms with Crippen LogP contribution in [0, 0.1) is 11.6 Å². The Hall–Kier alpha value is -2.22. The molecule has 0 bridgehead atoms. The molecule has 136 valence electrons. The van der Waals surface area contributed by atoms with E-state index in [2.05, 4.69) is 10.2 Å². The van der Waals surface area contributed by atoms with Crippen molar-refractivity contribution in [2.24, 2.45) is 0 Å². The Balaban J connectivity index is 1.52. The first kappa shape index (κ1) is 17.6. The number of carbonyl (C=O) groups is 2. The summed E-state index contributed by atoms with van der Waals surface area (Å²) in [4.78, 5) is 27.3. The highest BCUT2D eigenvalue weighted by atomic mass is 19.1.